The van der Waals surface area contributed by atoms with Gasteiger partial charge in [0.15, 0.2) is 11.6 Å². The minimum Gasteiger partial charge on any atom is -0.381 e. The Hall–Kier alpha value is -4.17. The lowest BCUT2D eigenvalue weighted by molar-refractivity contribution is -0.262. The van der Waals surface area contributed by atoms with Gasteiger partial charge in [-0.2, -0.15) is 37.1 Å². The number of hydrogen-bond donors (Lipinski definition) is 3. The summed E-state index contributed by atoms with van der Waals surface area (Å²) in [4.78, 5) is 38.9. The van der Waals surface area contributed by atoms with Crippen molar-refractivity contribution in [2.24, 2.45) is 0 Å². The summed E-state index contributed by atoms with van der Waals surface area (Å²) in [6, 6.07) is 4.71. The van der Waals surface area contributed by atoms with Gasteiger partial charge >= 0.3 is 18.3 Å². The van der Waals surface area contributed by atoms with Gasteiger partial charge in [0.2, 0.25) is 0 Å². The first-order valence-corrected chi connectivity index (χ1v) is 11.6. The highest BCUT2D eigenvalue weighted by Crippen LogP contribution is 2.41. The summed E-state index contributed by atoms with van der Waals surface area (Å²) in [5, 5.41) is 19.2. The zero-order chi connectivity index (χ0) is 29.9. The maximum absolute atomic E-state index is 14.0. The summed E-state index contributed by atoms with van der Waals surface area (Å²) < 4.78 is 78.9. The van der Waals surface area contributed by atoms with Gasteiger partial charge in [-0.1, -0.05) is 12.1 Å². The Labute approximate surface area is 223 Å². The van der Waals surface area contributed by atoms with Crippen LogP contribution in [0.4, 0.5) is 38.0 Å². The molecule has 17 heteroatoms. The quantitative estimate of drug-likeness (QED) is 0.344. The lowest BCUT2D eigenvalue weighted by Gasteiger charge is -2.35. The molecule has 0 aliphatic carbocycles. The molecule has 4 N–H and O–H groups in total. The molecule has 1 aliphatic heterocycles. The molecule has 1 aromatic heterocycles. The van der Waals surface area contributed by atoms with Gasteiger partial charge in [0.05, 0.1) is 18.0 Å². The van der Waals surface area contributed by atoms with Gasteiger partial charge in [0.1, 0.15) is 0 Å². The van der Waals surface area contributed by atoms with E-state index in [-0.39, 0.29) is 22.9 Å². The highest BCUT2D eigenvalue weighted by atomic mass is 19.4. The highest BCUT2D eigenvalue weighted by molar-refractivity contribution is 5.88. The van der Waals surface area contributed by atoms with Crippen LogP contribution in [0.5, 0.6) is 0 Å². The Morgan fingerprint density at radius 3 is 2.40 bits per heavy atom. The van der Waals surface area contributed by atoms with Crippen LogP contribution in [0, 0.1) is 18.3 Å². The number of halogens is 6. The van der Waals surface area contributed by atoms with E-state index in [0.29, 0.717) is 44.7 Å². The maximum atomic E-state index is 14.0. The first-order chi connectivity index (χ1) is 18.6. The lowest BCUT2D eigenvalue weighted by Crippen LogP contribution is -2.55. The summed E-state index contributed by atoms with van der Waals surface area (Å²) in [5.74, 6) is -5.19. The second-order valence-electron chi connectivity index (χ2n) is 8.76. The average Bonchev–Trinajstić information content (AvgIpc) is 2.89. The third kappa shape index (κ3) is 6.34. The normalized spacial score (nSPS) is 16.1. The van der Waals surface area contributed by atoms with E-state index >= 15 is 0 Å². The fourth-order valence-corrected chi connectivity index (χ4v) is 3.91. The van der Waals surface area contributed by atoms with E-state index in [1.54, 1.807) is 0 Å². The zero-order valence-electron chi connectivity index (χ0n) is 20.8. The van der Waals surface area contributed by atoms with Crippen molar-refractivity contribution in [1.29, 1.82) is 5.26 Å². The summed E-state index contributed by atoms with van der Waals surface area (Å²) in [6.07, 6.45) is -9.83. The van der Waals surface area contributed by atoms with E-state index in [9.17, 15) is 41.0 Å². The predicted octanol–water partition coefficient (Wildman–Crippen LogP) is 1.96. The molecule has 0 saturated carbocycles. The van der Waals surface area contributed by atoms with E-state index in [4.69, 9.17) is 11.0 Å². The SMILES string of the molecule is Cc1ccc(C(O)(C(=O)NOC(=O)C(F)(F)F)C(F)(F)F)cc1-c1cnc(N)c(N2CCN(CCC#N)CC2)n1. The molecule has 2 aromatic rings. The number of amides is 1. The molecule has 1 amide bonds. The molecule has 1 aromatic carbocycles. The molecular formula is C23H23F6N7O4. The van der Waals surface area contributed by atoms with Crippen molar-refractivity contribution in [1.82, 2.24) is 20.3 Å². The van der Waals surface area contributed by atoms with Crippen LogP contribution < -0.4 is 16.1 Å². The first-order valence-electron chi connectivity index (χ1n) is 11.6. The van der Waals surface area contributed by atoms with Gasteiger partial charge in [-0.15, -0.1) is 0 Å². The van der Waals surface area contributed by atoms with E-state index in [2.05, 4.69) is 25.8 Å². The summed E-state index contributed by atoms with van der Waals surface area (Å²) in [5.41, 5.74) is 1.61. The largest absolute Gasteiger partial charge is 0.493 e. The molecule has 3 rings (SSSR count). The highest BCUT2D eigenvalue weighted by Gasteiger charge is 2.61. The second-order valence-corrected chi connectivity index (χ2v) is 8.76. The van der Waals surface area contributed by atoms with Crippen molar-refractivity contribution in [2.75, 3.05) is 43.4 Å². The number of piperazine rings is 1. The maximum Gasteiger partial charge on any atom is 0.493 e. The van der Waals surface area contributed by atoms with Crippen LogP contribution in [0.15, 0.2) is 24.4 Å². The third-order valence-corrected chi connectivity index (χ3v) is 6.13. The number of alkyl halides is 6. The molecule has 1 aliphatic rings. The number of carbonyl (C=O) groups excluding carboxylic acids is 2. The second kappa shape index (κ2) is 11.5. The van der Waals surface area contributed by atoms with Crippen LogP contribution >= 0.6 is 0 Å². The molecule has 11 nitrogen and oxygen atoms in total. The molecule has 1 fully saturated rings. The minimum absolute atomic E-state index is 0.00154. The number of rotatable bonds is 6. The third-order valence-electron chi connectivity index (χ3n) is 6.13. The van der Waals surface area contributed by atoms with Crippen LogP contribution in [0.25, 0.3) is 11.3 Å². The lowest BCUT2D eigenvalue weighted by atomic mass is 9.89. The number of hydrogen-bond acceptors (Lipinski definition) is 10. The number of aryl methyl sites for hydroxylation is 1. The number of aromatic nitrogens is 2. The number of nitrogens with one attached hydrogen (secondary N) is 1. The van der Waals surface area contributed by atoms with Crippen LogP contribution in [0.2, 0.25) is 0 Å². The molecular weight excluding hydrogens is 552 g/mol. The Bertz CT molecular complexity index is 1310. The predicted molar refractivity (Wildman–Crippen MR) is 126 cm³/mol. The molecule has 0 bridgehead atoms. The number of nitrogens with zero attached hydrogens (tertiary/aromatic N) is 5. The van der Waals surface area contributed by atoms with Gasteiger partial charge in [-0.25, -0.2) is 14.8 Å². The van der Waals surface area contributed by atoms with Crippen LogP contribution in [0.1, 0.15) is 17.5 Å². The number of nitriles is 1. The monoisotopic (exact) mass is 575 g/mol. The molecule has 216 valence electrons. The molecule has 0 spiro atoms. The number of benzene rings is 1. The first kappa shape index (κ1) is 30.4. The standard InChI is InChI=1S/C23H23F6N7O4/c1-13-3-4-14(21(39,23(27,28)29)19(37)34-40-20(38)22(24,25)26)11-15(13)16-12-32-17(31)18(33-16)36-9-7-35(8-10-36)6-2-5-30/h3-4,11-12,39H,2,6-10H2,1H3,(H2,31,32)(H,34,37). The van der Waals surface area contributed by atoms with Crippen molar-refractivity contribution in [3.63, 3.8) is 0 Å². The van der Waals surface area contributed by atoms with Crippen molar-refractivity contribution in [3.8, 4) is 17.3 Å². The average molecular weight is 575 g/mol. The number of nitrogen functional groups attached to an aromatic ring is 1. The Kier molecular flexibility index (Phi) is 8.75. The summed E-state index contributed by atoms with van der Waals surface area (Å²) >= 11 is 0. The number of aliphatic hydroxyl groups is 1. The van der Waals surface area contributed by atoms with Crippen molar-refractivity contribution >= 4 is 23.5 Å². The van der Waals surface area contributed by atoms with Gasteiger partial charge < -0.3 is 20.6 Å². The fourth-order valence-electron chi connectivity index (χ4n) is 3.91. The Morgan fingerprint density at radius 2 is 1.82 bits per heavy atom. The van der Waals surface area contributed by atoms with Crippen molar-refractivity contribution in [3.05, 3.63) is 35.5 Å². The van der Waals surface area contributed by atoms with Crippen molar-refractivity contribution < 1.29 is 45.9 Å². The molecule has 0 radical (unpaired) electrons. The smallest absolute Gasteiger partial charge is 0.381 e. The van der Waals surface area contributed by atoms with Gasteiger partial charge in [-0.05, 0) is 18.6 Å². The van der Waals surface area contributed by atoms with Gasteiger partial charge in [0, 0.05) is 50.3 Å². The molecule has 1 saturated heterocycles. The van der Waals surface area contributed by atoms with E-state index in [0.717, 1.165) is 23.7 Å². The summed E-state index contributed by atoms with van der Waals surface area (Å²) in [7, 11) is 0. The molecule has 1 unspecified atom stereocenters. The number of carbonyl (C=O) groups is 2. The zero-order valence-corrected chi connectivity index (χ0v) is 20.8. The van der Waals surface area contributed by atoms with Gasteiger partial charge in [-0.3, -0.25) is 9.69 Å². The van der Waals surface area contributed by atoms with Crippen molar-refractivity contribution in [2.45, 2.75) is 31.3 Å². The molecule has 40 heavy (non-hydrogen) atoms. The topological polar surface area (TPSA) is 158 Å². The number of hydroxylamine groups is 1. The van der Waals surface area contributed by atoms with E-state index in [1.165, 1.54) is 13.1 Å². The van der Waals surface area contributed by atoms with Crippen LogP contribution in [-0.4, -0.2) is 76.9 Å². The summed E-state index contributed by atoms with van der Waals surface area (Å²) in [6.45, 7) is 4.21. The minimum atomic E-state index is -5.75. The fraction of sp³-hybridized carbons (Fsp3) is 0.435. The van der Waals surface area contributed by atoms with Gasteiger partial charge in [0.25, 0.3) is 11.5 Å². The van der Waals surface area contributed by atoms with E-state index < -0.39 is 35.4 Å². The molecule has 2 heterocycles. The van der Waals surface area contributed by atoms with Crippen LogP contribution in [0.3, 0.4) is 0 Å². The van der Waals surface area contributed by atoms with E-state index in [1.807, 2.05) is 4.90 Å². The Morgan fingerprint density at radius 1 is 1.18 bits per heavy atom. The Balaban J connectivity index is 1.95. The van der Waals surface area contributed by atoms with Crippen LogP contribution in [-0.2, 0) is 20.0 Å². The number of anilines is 2. The number of nitrogens with two attached hydrogens (primary N) is 1. The molecule has 1 atom stereocenters.